The Hall–Kier alpha value is -1.34. The third kappa shape index (κ3) is 3.61. The van der Waals surface area contributed by atoms with Crippen molar-refractivity contribution in [3.05, 3.63) is 4.88 Å². The summed E-state index contributed by atoms with van der Waals surface area (Å²) in [7, 11) is 0. The summed E-state index contributed by atoms with van der Waals surface area (Å²) < 4.78 is 5.31. The smallest absolute Gasteiger partial charge is 0.265 e. The lowest BCUT2D eigenvalue weighted by atomic mass is 10.1. The van der Waals surface area contributed by atoms with Crippen molar-refractivity contribution in [2.75, 3.05) is 43.5 Å². The fraction of sp³-hybridized carbons (Fsp3) is 0.692. The molecule has 0 aromatic carbocycles. The van der Waals surface area contributed by atoms with Crippen LogP contribution in [0.15, 0.2) is 0 Å². The van der Waals surface area contributed by atoms with Crippen LogP contribution >= 0.6 is 11.3 Å². The molecule has 0 aliphatic carbocycles. The van der Waals surface area contributed by atoms with Crippen molar-refractivity contribution in [2.24, 2.45) is 5.92 Å². The van der Waals surface area contributed by atoms with Crippen LogP contribution in [0, 0.1) is 5.92 Å². The van der Waals surface area contributed by atoms with Gasteiger partial charge in [0, 0.05) is 19.6 Å². The summed E-state index contributed by atoms with van der Waals surface area (Å²) in [6, 6.07) is 0. The Balaban J connectivity index is 2.01. The number of morpholine rings is 1. The van der Waals surface area contributed by atoms with Crippen molar-refractivity contribution in [2.45, 2.75) is 20.3 Å². The number of nitrogens with one attached hydrogen (secondary N) is 1. The monoisotopic (exact) mass is 298 g/mol. The fourth-order valence-electron chi connectivity index (χ4n) is 1.86. The van der Waals surface area contributed by atoms with Crippen LogP contribution in [-0.4, -0.2) is 43.7 Å². The second-order valence-corrected chi connectivity index (χ2v) is 6.01. The van der Waals surface area contributed by atoms with E-state index < -0.39 is 0 Å². The number of carbonyl (C=O) groups is 1. The minimum Gasteiger partial charge on any atom is -0.382 e. The number of thiazole rings is 1. The lowest BCUT2D eigenvalue weighted by Gasteiger charge is -2.25. The zero-order chi connectivity index (χ0) is 14.5. The van der Waals surface area contributed by atoms with Crippen LogP contribution in [0.5, 0.6) is 0 Å². The van der Waals surface area contributed by atoms with Crippen molar-refractivity contribution in [1.29, 1.82) is 0 Å². The van der Waals surface area contributed by atoms with E-state index in [4.69, 9.17) is 10.5 Å². The molecule has 6 nitrogen and oxygen atoms in total. The molecular formula is C13H22N4O2S. The third-order valence-electron chi connectivity index (χ3n) is 3.44. The van der Waals surface area contributed by atoms with Gasteiger partial charge >= 0.3 is 0 Å². The topological polar surface area (TPSA) is 80.5 Å². The Morgan fingerprint density at radius 2 is 2.25 bits per heavy atom. The van der Waals surface area contributed by atoms with Crippen LogP contribution in [0.2, 0.25) is 0 Å². The van der Waals surface area contributed by atoms with Crippen LogP contribution in [0.25, 0.3) is 0 Å². The molecule has 0 bridgehead atoms. The van der Waals surface area contributed by atoms with Gasteiger partial charge < -0.3 is 20.7 Å². The van der Waals surface area contributed by atoms with E-state index in [0.29, 0.717) is 36.4 Å². The summed E-state index contributed by atoms with van der Waals surface area (Å²) in [5, 5.41) is 3.72. The van der Waals surface area contributed by atoms with Gasteiger partial charge in [-0.2, -0.15) is 0 Å². The van der Waals surface area contributed by atoms with Crippen LogP contribution < -0.4 is 16.0 Å². The highest BCUT2D eigenvalue weighted by Gasteiger charge is 2.21. The van der Waals surface area contributed by atoms with Gasteiger partial charge in [0.05, 0.1) is 13.2 Å². The van der Waals surface area contributed by atoms with Gasteiger partial charge in [0.15, 0.2) is 5.13 Å². The minimum atomic E-state index is -0.125. The predicted molar refractivity (Wildman–Crippen MR) is 81.3 cm³/mol. The number of hydrogen-bond acceptors (Lipinski definition) is 6. The number of aromatic nitrogens is 1. The molecular weight excluding hydrogens is 276 g/mol. The maximum absolute atomic E-state index is 12.1. The summed E-state index contributed by atoms with van der Waals surface area (Å²) in [5.74, 6) is 0.657. The van der Waals surface area contributed by atoms with Gasteiger partial charge in [0.25, 0.3) is 5.91 Å². The van der Waals surface area contributed by atoms with Crippen LogP contribution in [0.3, 0.4) is 0 Å². The van der Waals surface area contributed by atoms with Crippen molar-refractivity contribution < 1.29 is 9.53 Å². The second kappa shape index (κ2) is 6.90. The Labute approximate surface area is 123 Å². The molecule has 1 amide bonds. The highest BCUT2D eigenvalue weighted by Crippen LogP contribution is 2.28. The Morgan fingerprint density at radius 1 is 1.55 bits per heavy atom. The molecule has 1 fully saturated rings. The standard InChI is InChI=1S/C13H22N4O2S/c1-3-9(2)8-15-12(18)10-11(14)16-13(20-10)17-4-6-19-7-5-17/h9H,3-8,14H2,1-2H3,(H,15,18). The number of carbonyl (C=O) groups excluding carboxylic acids is 1. The van der Waals surface area contributed by atoms with E-state index in [-0.39, 0.29) is 5.91 Å². The number of amides is 1. The molecule has 2 rings (SSSR count). The van der Waals surface area contributed by atoms with E-state index >= 15 is 0 Å². The molecule has 0 radical (unpaired) electrons. The van der Waals surface area contributed by atoms with E-state index in [1.165, 1.54) is 11.3 Å². The van der Waals surface area contributed by atoms with Crippen molar-refractivity contribution in [3.63, 3.8) is 0 Å². The van der Waals surface area contributed by atoms with E-state index in [0.717, 1.165) is 24.6 Å². The number of nitrogens with two attached hydrogens (primary N) is 1. The van der Waals surface area contributed by atoms with Crippen molar-refractivity contribution in [3.8, 4) is 0 Å². The molecule has 0 spiro atoms. The van der Waals surface area contributed by atoms with Crippen LogP contribution in [0.4, 0.5) is 10.9 Å². The molecule has 1 aliphatic heterocycles. The minimum absolute atomic E-state index is 0.125. The molecule has 0 saturated carbocycles. The molecule has 1 aromatic heterocycles. The maximum Gasteiger partial charge on any atom is 0.265 e. The van der Waals surface area contributed by atoms with E-state index in [1.54, 1.807) is 0 Å². The molecule has 20 heavy (non-hydrogen) atoms. The summed E-state index contributed by atoms with van der Waals surface area (Å²) >= 11 is 1.36. The maximum atomic E-state index is 12.1. The Morgan fingerprint density at radius 3 is 2.90 bits per heavy atom. The number of rotatable bonds is 5. The largest absolute Gasteiger partial charge is 0.382 e. The van der Waals surface area contributed by atoms with E-state index in [9.17, 15) is 4.79 Å². The molecule has 1 atom stereocenters. The van der Waals surface area contributed by atoms with E-state index in [1.807, 2.05) is 0 Å². The highest BCUT2D eigenvalue weighted by atomic mass is 32.1. The van der Waals surface area contributed by atoms with Gasteiger partial charge in [-0.15, -0.1) is 0 Å². The first-order valence-corrected chi connectivity index (χ1v) is 7.80. The highest BCUT2D eigenvalue weighted by molar-refractivity contribution is 7.18. The Kier molecular flexibility index (Phi) is 5.19. The lowest BCUT2D eigenvalue weighted by molar-refractivity contribution is 0.0952. The normalized spacial score (nSPS) is 17.0. The van der Waals surface area contributed by atoms with Gasteiger partial charge in [-0.1, -0.05) is 31.6 Å². The first-order valence-electron chi connectivity index (χ1n) is 6.99. The van der Waals surface area contributed by atoms with Crippen LogP contribution in [0.1, 0.15) is 29.9 Å². The first kappa shape index (κ1) is 15.1. The molecule has 1 saturated heterocycles. The van der Waals surface area contributed by atoms with Gasteiger partial charge in [0.1, 0.15) is 10.7 Å². The molecule has 3 N–H and O–H groups in total. The molecule has 1 aliphatic rings. The number of nitrogen functional groups attached to an aromatic ring is 1. The number of hydrogen-bond donors (Lipinski definition) is 2. The SMILES string of the molecule is CCC(C)CNC(=O)c1sc(N2CCOCC2)nc1N. The van der Waals surface area contributed by atoms with Gasteiger partial charge in [0.2, 0.25) is 0 Å². The number of ether oxygens (including phenoxy) is 1. The lowest BCUT2D eigenvalue weighted by Crippen LogP contribution is -2.36. The van der Waals surface area contributed by atoms with Gasteiger partial charge in [-0.25, -0.2) is 4.98 Å². The van der Waals surface area contributed by atoms with Crippen molar-refractivity contribution in [1.82, 2.24) is 10.3 Å². The summed E-state index contributed by atoms with van der Waals surface area (Å²) in [5.41, 5.74) is 5.87. The summed E-state index contributed by atoms with van der Waals surface area (Å²) in [6.45, 7) is 7.84. The van der Waals surface area contributed by atoms with Crippen molar-refractivity contribution >= 4 is 28.2 Å². The fourth-order valence-corrected chi connectivity index (χ4v) is 2.82. The molecule has 2 heterocycles. The number of anilines is 2. The van der Waals surface area contributed by atoms with Gasteiger partial charge in [-0.3, -0.25) is 4.79 Å². The Bertz CT molecular complexity index is 457. The van der Waals surface area contributed by atoms with Gasteiger partial charge in [-0.05, 0) is 5.92 Å². The molecule has 112 valence electrons. The average Bonchev–Trinajstić information content (AvgIpc) is 2.87. The number of nitrogens with zero attached hydrogens (tertiary/aromatic N) is 2. The zero-order valence-electron chi connectivity index (χ0n) is 12.0. The third-order valence-corrected chi connectivity index (χ3v) is 4.57. The summed E-state index contributed by atoms with van der Waals surface area (Å²) in [4.78, 5) is 19.0. The average molecular weight is 298 g/mol. The quantitative estimate of drug-likeness (QED) is 0.857. The summed E-state index contributed by atoms with van der Waals surface area (Å²) in [6.07, 6.45) is 1.04. The van der Waals surface area contributed by atoms with E-state index in [2.05, 4.69) is 29.0 Å². The molecule has 1 unspecified atom stereocenters. The zero-order valence-corrected chi connectivity index (χ0v) is 12.8. The molecule has 7 heteroatoms. The predicted octanol–water partition coefficient (Wildman–Crippen LogP) is 1.34. The van der Waals surface area contributed by atoms with Crippen LogP contribution in [-0.2, 0) is 4.74 Å². The second-order valence-electron chi connectivity index (χ2n) is 5.03. The molecule has 1 aromatic rings. The first-order chi connectivity index (χ1) is 9.61.